The molecule has 0 saturated heterocycles. The van der Waals surface area contributed by atoms with E-state index >= 15 is 0 Å². The highest BCUT2D eigenvalue weighted by atomic mass is 16.3. The summed E-state index contributed by atoms with van der Waals surface area (Å²) >= 11 is 0. The number of aromatic nitrogens is 5. The van der Waals surface area contributed by atoms with Crippen molar-refractivity contribution < 1.29 is 4.42 Å². The van der Waals surface area contributed by atoms with Crippen LogP contribution >= 0.6 is 0 Å². The van der Waals surface area contributed by atoms with Crippen LogP contribution in [0.1, 0.15) is 0 Å². The Morgan fingerprint density at radius 3 is 1.64 bits per heavy atom. The minimum atomic E-state index is 0.526. The van der Waals surface area contributed by atoms with Crippen molar-refractivity contribution in [1.29, 1.82) is 0 Å². The van der Waals surface area contributed by atoms with E-state index in [0.717, 1.165) is 83.1 Å². The average molecular weight is 718 g/mol. The SMILES string of the molecule is c1ccc(-c2cnc(-c3cccc4c3oc3c4ccc4c5ccccc5n(-c5ccccc5)c43)c(-c3nc(-c4ccccc4)nc(-c4ccccc4)n3)c2)cc1. The van der Waals surface area contributed by atoms with Gasteiger partial charge < -0.3 is 8.98 Å². The molecular formula is C50H31N5O. The van der Waals surface area contributed by atoms with Gasteiger partial charge in [0.25, 0.3) is 0 Å². The van der Waals surface area contributed by atoms with E-state index < -0.39 is 0 Å². The Balaban J connectivity index is 1.20. The molecule has 0 saturated carbocycles. The maximum Gasteiger partial charge on any atom is 0.166 e. The Morgan fingerprint density at radius 1 is 0.393 bits per heavy atom. The molecule has 262 valence electrons. The number of rotatable bonds is 6. The maximum absolute atomic E-state index is 7.12. The van der Waals surface area contributed by atoms with Crippen LogP contribution in [0.2, 0.25) is 0 Å². The van der Waals surface area contributed by atoms with Crippen molar-refractivity contribution in [3.63, 3.8) is 0 Å². The van der Waals surface area contributed by atoms with Gasteiger partial charge in [-0.25, -0.2) is 15.0 Å². The van der Waals surface area contributed by atoms with E-state index in [-0.39, 0.29) is 0 Å². The fourth-order valence-electron chi connectivity index (χ4n) is 7.90. The summed E-state index contributed by atoms with van der Waals surface area (Å²) in [6.07, 6.45) is 1.93. The molecule has 6 heteroatoms. The molecule has 0 amide bonds. The molecule has 0 fully saturated rings. The largest absolute Gasteiger partial charge is 0.453 e. The number of pyridine rings is 1. The topological polar surface area (TPSA) is 69.6 Å². The van der Waals surface area contributed by atoms with Crippen LogP contribution in [0.15, 0.2) is 193 Å². The fraction of sp³-hybridized carbons (Fsp3) is 0. The molecule has 4 heterocycles. The van der Waals surface area contributed by atoms with Gasteiger partial charge >= 0.3 is 0 Å². The van der Waals surface area contributed by atoms with Gasteiger partial charge in [-0.05, 0) is 42.0 Å². The van der Waals surface area contributed by atoms with E-state index in [0.29, 0.717) is 17.5 Å². The summed E-state index contributed by atoms with van der Waals surface area (Å²) in [4.78, 5) is 20.5. The van der Waals surface area contributed by atoms with Crippen molar-refractivity contribution in [1.82, 2.24) is 24.5 Å². The predicted molar refractivity (Wildman–Crippen MR) is 226 cm³/mol. The third-order valence-corrected chi connectivity index (χ3v) is 10.5. The van der Waals surface area contributed by atoms with Gasteiger partial charge in [0.15, 0.2) is 23.1 Å². The van der Waals surface area contributed by atoms with Crippen molar-refractivity contribution in [2.24, 2.45) is 0 Å². The van der Waals surface area contributed by atoms with Crippen LogP contribution in [0.5, 0.6) is 0 Å². The zero-order chi connectivity index (χ0) is 37.0. The van der Waals surface area contributed by atoms with Gasteiger partial charge in [0.2, 0.25) is 0 Å². The summed E-state index contributed by atoms with van der Waals surface area (Å²) in [6.45, 7) is 0. The number of hydrogen-bond acceptors (Lipinski definition) is 5. The van der Waals surface area contributed by atoms with Crippen LogP contribution in [-0.4, -0.2) is 24.5 Å². The molecule has 0 bridgehead atoms. The monoisotopic (exact) mass is 717 g/mol. The zero-order valence-corrected chi connectivity index (χ0v) is 30.0. The Labute approximate surface area is 322 Å². The summed E-state index contributed by atoms with van der Waals surface area (Å²) < 4.78 is 9.43. The highest BCUT2D eigenvalue weighted by molar-refractivity contribution is 6.22. The lowest BCUT2D eigenvalue weighted by atomic mass is 9.98. The van der Waals surface area contributed by atoms with Crippen LogP contribution in [0, 0.1) is 0 Å². The first-order valence-electron chi connectivity index (χ1n) is 18.6. The molecule has 56 heavy (non-hydrogen) atoms. The molecule has 7 aromatic carbocycles. The molecule has 0 aliphatic rings. The van der Waals surface area contributed by atoms with Crippen molar-refractivity contribution in [3.8, 4) is 62.2 Å². The summed E-state index contributed by atoms with van der Waals surface area (Å²) in [6, 6.07) is 62.3. The lowest BCUT2D eigenvalue weighted by Gasteiger charge is -2.13. The quantitative estimate of drug-likeness (QED) is 0.171. The van der Waals surface area contributed by atoms with Crippen LogP contribution in [-0.2, 0) is 0 Å². The molecule has 11 aromatic rings. The molecule has 0 spiro atoms. The summed E-state index contributed by atoms with van der Waals surface area (Å²) in [5.74, 6) is 1.70. The number of para-hydroxylation sites is 3. The average Bonchev–Trinajstić information content (AvgIpc) is 3.84. The van der Waals surface area contributed by atoms with Crippen molar-refractivity contribution >= 4 is 43.7 Å². The molecule has 0 N–H and O–H groups in total. The summed E-state index contributed by atoms with van der Waals surface area (Å²) in [5, 5.41) is 4.35. The third-order valence-electron chi connectivity index (χ3n) is 10.5. The third kappa shape index (κ3) is 5.19. The molecule has 4 aromatic heterocycles. The summed E-state index contributed by atoms with van der Waals surface area (Å²) in [7, 11) is 0. The lowest BCUT2D eigenvalue weighted by Crippen LogP contribution is -2.02. The molecule has 0 aliphatic carbocycles. The van der Waals surface area contributed by atoms with Crippen molar-refractivity contribution in [3.05, 3.63) is 188 Å². The predicted octanol–water partition coefficient (Wildman–Crippen LogP) is 12.6. The second-order valence-electron chi connectivity index (χ2n) is 13.8. The van der Waals surface area contributed by atoms with Crippen LogP contribution in [0.3, 0.4) is 0 Å². The first kappa shape index (κ1) is 31.8. The number of nitrogens with zero attached hydrogens (tertiary/aromatic N) is 5. The fourth-order valence-corrected chi connectivity index (χ4v) is 7.90. The van der Waals surface area contributed by atoms with E-state index in [2.05, 4.69) is 102 Å². The Hall–Kier alpha value is -7.70. The Kier molecular flexibility index (Phi) is 7.38. The molecular weight excluding hydrogens is 687 g/mol. The molecule has 0 unspecified atom stereocenters. The molecule has 0 radical (unpaired) electrons. The second kappa shape index (κ2) is 13.0. The van der Waals surface area contributed by atoms with E-state index in [1.807, 2.05) is 91.1 Å². The molecule has 0 aliphatic heterocycles. The molecule has 6 nitrogen and oxygen atoms in total. The number of benzene rings is 7. The van der Waals surface area contributed by atoms with Gasteiger partial charge in [-0.1, -0.05) is 146 Å². The van der Waals surface area contributed by atoms with Gasteiger partial charge in [0.05, 0.1) is 16.7 Å². The lowest BCUT2D eigenvalue weighted by molar-refractivity contribution is 0.672. The summed E-state index contributed by atoms with van der Waals surface area (Å²) in [5.41, 5.74) is 11.0. The van der Waals surface area contributed by atoms with Gasteiger partial charge in [-0.15, -0.1) is 0 Å². The minimum absolute atomic E-state index is 0.526. The first-order chi connectivity index (χ1) is 27.8. The molecule has 0 atom stereocenters. The number of fused-ring (bicyclic) bond motifs is 7. The minimum Gasteiger partial charge on any atom is -0.453 e. The molecule has 11 rings (SSSR count). The van der Waals surface area contributed by atoms with Gasteiger partial charge in [-0.2, -0.15) is 0 Å². The maximum atomic E-state index is 7.12. The van der Waals surface area contributed by atoms with Crippen molar-refractivity contribution in [2.75, 3.05) is 0 Å². The van der Waals surface area contributed by atoms with Crippen LogP contribution in [0.4, 0.5) is 0 Å². The van der Waals surface area contributed by atoms with E-state index in [1.165, 1.54) is 5.39 Å². The van der Waals surface area contributed by atoms with E-state index in [9.17, 15) is 0 Å². The Bertz CT molecular complexity index is 3170. The highest BCUT2D eigenvalue weighted by Crippen LogP contribution is 2.44. The number of hydrogen-bond donors (Lipinski definition) is 0. The smallest absolute Gasteiger partial charge is 0.166 e. The van der Waals surface area contributed by atoms with Crippen molar-refractivity contribution in [2.45, 2.75) is 0 Å². The van der Waals surface area contributed by atoms with E-state index in [1.54, 1.807) is 0 Å². The zero-order valence-electron chi connectivity index (χ0n) is 30.0. The standard InChI is InChI=1S/C50H31N5O/c1-5-16-32(17-6-1)35-30-42(50-53-48(33-18-7-2-8-19-33)52-49(54-50)34-20-9-3-10-21-34)44(51-31-35)41-26-15-25-39-40-29-28-38-37-24-13-14-27-43(37)55(36-22-11-4-12-23-36)45(38)47(40)56-46(39)41/h1-31H. The second-order valence-corrected chi connectivity index (χ2v) is 13.8. The van der Waals surface area contributed by atoms with Gasteiger partial charge in [0, 0.05) is 61.2 Å². The van der Waals surface area contributed by atoms with Gasteiger partial charge in [0.1, 0.15) is 5.58 Å². The van der Waals surface area contributed by atoms with Crippen LogP contribution in [0.25, 0.3) is 106 Å². The number of furan rings is 1. The van der Waals surface area contributed by atoms with E-state index in [4.69, 9.17) is 24.4 Å². The normalized spacial score (nSPS) is 11.6. The Morgan fingerprint density at radius 2 is 0.946 bits per heavy atom. The first-order valence-corrected chi connectivity index (χ1v) is 18.6. The van der Waals surface area contributed by atoms with Crippen LogP contribution < -0.4 is 0 Å². The van der Waals surface area contributed by atoms with Gasteiger partial charge in [-0.3, -0.25) is 4.98 Å². The highest BCUT2D eigenvalue weighted by Gasteiger charge is 2.23.